The van der Waals surface area contributed by atoms with Gasteiger partial charge in [0.2, 0.25) is 0 Å². The Morgan fingerprint density at radius 2 is 1.75 bits per heavy atom. The fourth-order valence-electron chi connectivity index (χ4n) is 3.74. The molecule has 7 heteroatoms. The van der Waals surface area contributed by atoms with Crippen LogP contribution in [0.2, 0.25) is 0 Å². The highest BCUT2D eigenvalue weighted by molar-refractivity contribution is 8.00. The number of aromatic nitrogens is 1. The lowest BCUT2D eigenvalue weighted by molar-refractivity contribution is -0.111. The van der Waals surface area contributed by atoms with E-state index in [2.05, 4.69) is 29.2 Å². The van der Waals surface area contributed by atoms with Gasteiger partial charge in [-0.25, -0.2) is 0 Å². The lowest BCUT2D eigenvalue weighted by Gasteiger charge is -2.43. The van der Waals surface area contributed by atoms with Crippen molar-refractivity contribution in [2.45, 2.75) is 53.1 Å². The van der Waals surface area contributed by atoms with E-state index in [1.807, 2.05) is 31.5 Å². The molecule has 3 unspecified atom stereocenters. The van der Waals surface area contributed by atoms with Gasteiger partial charge in [-0.2, -0.15) is 11.8 Å². The number of pyridine rings is 1. The minimum Gasteiger partial charge on any atom is -0.390 e. The SMILES string of the molecule is CSC1C[C@H]([C@H](N)[C@H](C)Sc2ccc(-c3cccnc3)cc2)C(O)C(O)[C@H]1O. The molecule has 28 heavy (non-hydrogen) atoms. The van der Waals surface area contributed by atoms with Crippen molar-refractivity contribution < 1.29 is 15.3 Å². The number of hydrogen-bond donors (Lipinski definition) is 4. The fraction of sp³-hybridized carbons (Fsp3) is 0.476. The standard InChI is InChI=1S/C21H28N2O3S2/c1-12(18(22)16-10-17(27-2)20(25)21(26)19(16)24)28-15-7-5-13(6-8-15)14-4-3-9-23-11-14/h3-9,11-12,16-21,24-26H,10,22H2,1-2H3/t12-,16+,17?,18+,19?,20-,21?/m0/s1. The molecule has 1 saturated carbocycles. The molecule has 1 aliphatic carbocycles. The van der Waals surface area contributed by atoms with E-state index in [9.17, 15) is 15.3 Å². The van der Waals surface area contributed by atoms with Crippen LogP contribution >= 0.6 is 23.5 Å². The number of nitrogens with two attached hydrogens (primary N) is 1. The smallest absolute Gasteiger partial charge is 0.107 e. The molecule has 3 rings (SSSR count). The molecular weight excluding hydrogens is 392 g/mol. The van der Waals surface area contributed by atoms with Gasteiger partial charge in [0.05, 0.1) is 12.2 Å². The molecule has 1 fully saturated rings. The maximum atomic E-state index is 10.5. The summed E-state index contributed by atoms with van der Waals surface area (Å²) in [5.41, 5.74) is 8.67. The van der Waals surface area contributed by atoms with Crippen molar-refractivity contribution in [2.75, 3.05) is 6.26 Å². The van der Waals surface area contributed by atoms with E-state index >= 15 is 0 Å². The number of rotatable bonds is 6. The Bertz CT molecular complexity index is 745. The molecule has 1 aromatic carbocycles. The molecule has 5 nitrogen and oxygen atoms in total. The van der Waals surface area contributed by atoms with Crippen molar-refractivity contribution in [2.24, 2.45) is 11.7 Å². The van der Waals surface area contributed by atoms with Gasteiger partial charge in [0, 0.05) is 39.7 Å². The zero-order valence-electron chi connectivity index (χ0n) is 16.1. The van der Waals surface area contributed by atoms with Gasteiger partial charge in [0.15, 0.2) is 0 Å². The third kappa shape index (κ3) is 4.72. The normalized spacial score (nSPS) is 30.0. The van der Waals surface area contributed by atoms with Crippen LogP contribution in [0.1, 0.15) is 13.3 Å². The molecule has 5 N–H and O–H groups in total. The van der Waals surface area contributed by atoms with Gasteiger partial charge in [-0.1, -0.05) is 25.1 Å². The van der Waals surface area contributed by atoms with Crippen molar-refractivity contribution in [3.63, 3.8) is 0 Å². The minimum absolute atomic E-state index is 0.0499. The molecule has 0 aliphatic heterocycles. The summed E-state index contributed by atoms with van der Waals surface area (Å²) in [6.07, 6.45) is 3.01. The number of hydrogen-bond acceptors (Lipinski definition) is 7. The number of aliphatic hydroxyl groups is 3. The van der Waals surface area contributed by atoms with Gasteiger partial charge < -0.3 is 21.1 Å². The summed E-state index contributed by atoms with van der Waals surface area (Å²) in [5, 5.41) is 30.7. The largest absolute Gasteiger partial charge is 0.390 e. The lowest BCUT2D eigenvalue weighted by atomic mass is 9.77. The summed E-state index contributed by atoms with van der Waals surface area (Å²) in [6.45, 7) is 2.04. The van der Waals surface area contributed by atoms with Crippen LogP contribution in [-0.4, -0.2) is 61.4 Å². The van der Waals surface area contributed by atoms with Crippen LogP contribution in [0.5, 0.6) is 0 Å². The predicted molar refractivity (Wildman–Crippen MR) is 116 cm³/mol. The Balaban J connectivity index is 1.66. The highest BCUT2D eigenvalue weighted by Gasteiger charge is 2.45. The third-order valence-electron chi connectivity index (χ3n) is 5.53. The second-order valence-electron chi connectivity index (χ2n) is 7.31. The molecule has 1 aromatic heterocycles. The van der Waals surface area contributed by atoms with Crippen molar-refractivity contribution in [1.29, 1.82) is 0 Å². The van der Waals surface area contributed by atoms with Crippen LogP contribution in [-0.2, 0) is 0 Å². The predicted octanol–water partition coefficient (Wildman–Crippen LogP) is 2.39. The summed E-state index contributed by atoms with van der Waals surface area (Å²) >= 11 is 3.17. The van der Waals surface area contributed by atoms with Gasteiger partial charge in [-0.15, -0.1) is 11.8 Å². The van der Waals surface area contributed by atoms with Gasteiger partial charge in [0.25, 0.3) is 0 Å². The molecule has 0 saturated heterocycles. The van der Waals surface area contributed by atoms with Crippen LogP contribution in [0.15, 0.2) is 53.7 Å². The van der Waals surface area contributed by atoms with Crippen LogP contribution in [0, 0.1) is 5.92 Å². The first-order chi connectivity index (χ1) is 13.4. The van der Waals surface area contributed by atoms with E-state index in [0.29, 0.717) is 6.42 Å². The topological polar surface area (TPSA) is 99.6 Å². The summed E-state index contributed by atoms with van der Waals surface area (Å²) in [5.74, 6) is -0.256. The molecule has 1 aliphatic rings. The molecule has 1 heterocycles. The van der Waals surface area contributed by atoms with Crippen molar-refractivity contribution in [1.82, 2.24) is 4.98 Å². The number of aliphatic hydroxyl groups excluding tert-OH is 3. The summed E-state index contributed by atoms with van der Waals surface area (Å²) in [7, 11) is 0. The Morgan fingerprint density at radius 1 is 1.04 bits per heavy atom. The van der Waals surface area contributed by atoms with Crippen LogP contribution in [0.3, 0.4) is 0 Å². The Hall–Kier alpha value is -1.09. The first kappa shape index (κ1) is 21.6. The molecule has 7 atom stereocenters. The Morgan fingerprint density at radius 3 is 2.36 bits per heavy atom. The average Bonchev–Trinajstić information content (AvgIpc) is 2.73. The molecule has 2 aromatic rings. The van der Waals surface area contributed by atoms with E-state index in [4.69, 9.17) is 5.73 Å². The maximum absolute atomic E-state index is 10.5. The van der Waals surface area contributed by atoms with Gasteiger partial charge in [0.1, 0.15) is 6.10 Å². The third-order valence-corrected chi connectivity index (χ3v) is 7.84. The van der Waals surface area contributed by atoms with E-state index in [-0.39, 0.29) is 22.5 Å². The molecular formula is C21H28N2O3S2. The van der Waals surface area contributed by atoms with E-state index in [1.54, 1.807) is 18.0 Å². The van der Waals surface area contributed by atoms with Crippen molar-refractivity contribution in [3.05, 3.63) is 48.8 Å². The second-order valence-corrected chi connectivity index (χ2v) is 9.84. The summed E-state index contributed by atoms with van der Waals surface area (Å²) in [4.78, 5) is 5.25. The zero-order chi connectivity index (χ0) is 20.3. The lowest BCUT2D eigenvalue weighted by Crippen LogP contribution is -2.58. The molecule has 0 spiro atoms. The number of thioether (sulfide) groups is 2. The van der Waals surface area contributed by atoms with Crippen molar-refractivity contribution in [3.8, 4) is 11.1 Å². The molecule has 0 bridgehead atoms. The van der Waals surface area contributed by atoms with Gasteiger partial charge >= 0.3 is 0 Å². The number of benzene rings is 1. The number of nitrogens with zero attached hydrogens (tertiary/aromatic N) is 1. The molecule has 0 radical (unpaired) electrons. The van der Waals surface area contributed by atoms with E-state index in [1.165, 1.54) is 11.8 Å². The van der Waals surface area contributed by atoms with Gasteiger partial charge in [-0.3, -0.25) is 4.98 Å². The average molecular weight is 421 g/mol. The summed E-state index contributed by atoms with van der Waals surface area (Å²) < 4.78 is 0. The van der Waals surface area contributed by atoms with Crippen LogP contribution in [0.25, 0.3) is 11.1 Å². The quantitative estimate of drug-likeness (QED) is 0.533. The fourth-order valence-corrected chi connectivity index (χ4v) is 5.68. The van der Waals surface area contributed by atoms with Crippen LogP contribution < -0.4 is 5.73 Å². The summed E-state index contributed by atoms with van der Waals surface area (Å²) in [6, 6.07) is 11.9. The minimum atomic E-state index is -1.15. The maximum Gasteiger partial charge on any atom is 0.107 e. The van der Waals surface area contributed by atoms with Crippen molar-refractivity contribution >= 4 is 23.5 Å². The highest BCUT2D eigenvalue weighted by Crippen LogP contribution is 2.37. The second kappa shape index (κ2) is 9.61. The van der Waals surface area contributed by atoms with Gasteiger partial charge in [-0.05, 0) is 42.0 Å². The van der Waals surface area contributed by atoms with E-state index < -0.39 is 18.3 Å². The Labute approximate surface area is 174 Å². The van der Waals surface area contributed by atoms with E-state index in [0.717, 1.165) is 16.0 Å². The Kier molecular flexibility index (Phi) is 7.42. The zero-order valence-corrected chi connectivity index (χ0v) is 17.7. The first-order valence-electron chi connectivity index (χ1n) is 9.42. The monoisotopic (exact) mass is 420 g/mol. The molecule has 152 valence electrons. The van der Waals surface area contributed by atoms with Crippen LogP contribution in [0.4, 0.5) is 0 Å². The molecule has 0 amide bonds. The first-order valence-corrected chi connectivity index (χ1v) is 11.6. The highest BCUT2D eigenvalue weighted by atomic mass is 32.2.